The van der Waals surface area contributed by atoms with E-state index in [-0.39, 0.29) is 11.3 Å². The van der Waals surface area contributed by atoms with Crippen molar-refractivity contribution in [1.29, 1.82) is 0 Å². The number of hydrogen-bond donors (Lipinski definition) is 1. The molecule has 180 valence electrons. The molecule has 1 saturated heterocycles. The number of carbonyl (C=O) groups excluding carboxylic acids is 2. The molecule has 4 rings (SSSR count). The third kappa shape index (κ3) is 4.59. The van der Waals surface area contributed by atoms with Gasteiger partial charge >= 0.3 is 0 Å². The van der Waals surface area contributed by atoms with Crippen molar-refractivity contribution in [1.82, 2.24) is 9.80 Å². The summed E-state index contributed by atoms with van der Waals surface area (Å²) in [6, 6.07) is 11.5. The van der Waals surface area contributed by atoms with Crippen LogP contribution in [0.5, 0.6) is 17.2 Å². The highest BCUT2D eigenvalue weighted by atomic mass is 16.6. The van der Waals surface area contributed by atoms with Crippen LogP contribution in [0.1, 0.15) is 30.5 Å². The first-order valence-corrected chi connectivity index (χ1v) is 11.5. The molecule has 1 unspecified atom stereocenters. The summed E-state index contributed by atoms with van der Waals surface area (Å²) in [6.07, 6.45) is 0.678. The Labute approximate surface area is 199 Å². The average molecular weight is 467 g/mol. The van der Waals surface area contributed by atoms with Crippen molar-refractivity contribution >= 4 is 17.4 Å². The standard InChI is InChI=1S/C26H30N2O6/c1-4-32-19-9-6-5-8-18(19)23-22(25(30)26(31)28(23)13-7-12-27(2)3)24(29)17-10-11-20-21(16-17)34-15-14-33-20/h5-6,8-11,16,23,29H,4,7,12-15H2,1-3H3/b24-22-. The highest BCUT2D eigenvalue weighted by Crippen LogP contribution is 2.43. The molecular formula is C26H30N2O6. The number of likely N-dealkylation sites (tertiary alicyclic amines) is 1. The lowest BCUT2D eigenvalue weighted by molar-refractivity contribution is -0.140. The van der Waals surface area contributed by atoms with Crippen LogP contribution in [-0.2, 0) is 9.59 Å². The minimum atomic E-state index is -0.766. The molecule has 0 saturated carbocycles. The molecule has 1 N–H and O–H groups in total. The Morgan fingerprint density at radius 1 is 1.12 bits per heavy atom. The number of hydrogen-bond acceptors (Lipinski definition) is 7. The fraction of sp³-hybridized carbons (Fsp3) is 0.385. The van der Waals surface area contributed by atoms with Crippen LogP contribution in [-0.4, -0.2) is 73.6 Å². The molecule has 0 spiro atoms. The summed E-state index contributed by atoms with van der Waals surface area (Å²) < 4.78 is 17.0. The normalized spacial score (nSPS) is 19.1. The molecule has 2 aliphatic heterocycles. The van der Waals surface area contributed by atoms with Gasteiger partial charge in [-0.1, -0.05) is 18.2 Å². The second-order valence-corrected chi connectivity index (χ2v) is 8.48. The predicted octanol–water partition coefficient (Wildman–Crippen LogP) is 3.23. The van der Waals surface area contributed by atoms with E-state index in [1.165, 1.54) is 4.90 Å². The molecular weight excluding hydrogens is 436 g/mol. The summed E-state index contributed by atoms with van der Waals surface area (Å²) in [5.74, 6) is 0.0407. The van der Waals surface area contributed by atoms with Gasteiger partial charge in [-0.25, -0.2) is 0 Å². The first-order valence-electron chi connectivity index (χ1n) is 11.5. The van der Waals surface area contributed by atoms with Crippen molar-refractivity contribution < 1.29 is 28.9 Å². The van der Waals surface area contributed by atoms with Crippen LogP contribution in [0.4, 0.5) is 0 Å². The van der Waals surface area contributed by atoms with Gasteiger partial charge in [0.05, 0.1) is 18.2 Å². The van der Waals surface area contributed by atoms with Crippen molar-refractivity contribution in [3.05, 3.63) is 59.2 Å². The molecule has 1 amide bonds. The van der Waals surface area contributed by atoms with Crippen LogP contribution in [0.25, 0.3) is 5.76 Å². The number of ether oxygens (including phenoxy) is 3. The molecule has 0 aliphatic carbocycles. The Balaban J connectivity index is 1.82. The van der Waals surface area contributed by atoms with Crippen molar-refractivity contribution in [2.45, 2.75) is 19.4 Å². The number of carbonyl (C=O) groups is 2. The largest absolute Gasteiger partial charge is 0.507 e. The quantitative estimate of drug-likeness (QED) is 0.363. The maximum absolute atomic E-state index is 13.3. The number of aliphatic hydroxyl groups excluding tert-OH is 1. The highest BCUT2D eigenvalue weighted by Gasteiger charge is 2.46. The summed E-state index contributed by atoms with van der Waals surface area (Å²) >= 11 is 0. The second-order valence-electron chi connectivity index (χ2n) is 8.48. The lowest BCUT2D eigenvalue weighted by Crippen LogP contribution is -2.32. The molecule has 8 nitrogen and oxygen atoms in total. The third-order valence-corrected chi connectivity index (χ3v) is 5.87. The Bertz CT molecular complexity index is 1110. The smallest absolute Gasteiger partial charge is 0.295 e. The van der Waals surface area contributed by atoms with Gasteiger partial charge in [0.25, 0.3) is 11.7 Å². The van der Waals surface area contributed by atoms with Crippen LogP contribution in [0.3, 0.4) is 0 Å². The number of aliphatic hydroxyl groups is 1. The van der Waals surface area contributed by atoms with Gasteiger partial charge in [0.1, 0.15) is 24.7 Å². The number of nitrogens with zero attached hydrogens (tertiary/aromatic N) is 2. The average Bonchev–Trinajstić information content (AvgIpc) is 3.08. The maximum atomic E-state index is 13.3. The minimum absolute atomic E-state index is 0.0404. The second kappa shape index (κ2) is 10.2. The Morgan fingerprint density at radius 3 is 2.59 bits per heavy atom. The third-order valence-electron chi connectivity index (χ3n) is 5.87. The number of ketones is 1. The number of fused-ring (bicyclic) bond motifs is 1. The maximum Gasteiger partial charge on any atom is 0.295 e. The molecule has 0 bridgehead atoms. The van der Waals surface area contributed by atoms with Crippen LogP contribution in [0, 0.1) is 0 Å². The van der Waals surface area contributed by atoms with E-state index in [0.29, 0.717) is 61.2 Å². The molecule has 0 aromatic heterocycles. The summed E-state index contributed by atoms with van der Waals surface area (Å²) in [5, 5.41) is 11.3. The fourth-order valence-electron chi connectivity index (χ4n) is 4.33. The Kier molecular flexibility index (Phi) is 7.07. The molecule has 2 aromatic carbocycles. The molecule has 1 atom stereocenters. The van der Waals surface area contributed by atoms with Gasteiger partial charge in [-0.3, -0.25) is 9.59 Å². The van der Waals surface area contributed by atoms with E-state index in [2.05, 4.69) is 0 Å². The van der Waals surface area contributed by atoms with Crippen molar-refractivity contribution in [2.24, 2.45) is 0 Å². The monoisotopic (exact) mass is 466 g/mol. The molecule has 2 heterocycles. The van der Waals surface area contributed by atoms with Crippen LogP contribution in [0.2, 0.25) is 0 Å². The van der Waals surface area contributed by atoms with Crippen LogP contribution < -0.4 is 14.2 Å². The lowest BCUT2D eigenvalue weighted by Gasteiger charge is -2.27. The highest BCUT2D eigenvalue weighted by molar-refractivity contribution is 6.46. The SMILES string of the molecule is CCOc1ccccc1C1/C(=C(/O)c2ccc3c(c2)OCCO3)C(=O)C(=O)N1CCCN(C)C. The van der Waals surface area contributed by atoms with Gasteiger partial charge in [-0.05, 0) is 58.3 Å². The van der Waals surface area contributed by atoms with E-state index >= 15 is 0 Å². The van der Waals surface area contributed by atoms with Gasteiger partial charge in [-0.15, -0.1) is 0 Å². The van der Waals surface area contributed by atoms with E-state index < -0.39 is 17.7 Å². The summed E-state index contributed by atoms with van der Waals surface area (Å²) in [4.78, 5) is 30.0. The molecule has 2 aromatic rings. The van der Waals surface area contributed by atoms with Crippen LogP contribution >= 0.6 is 0 Å². The number of benzene rings is 2. The zero-order valence-electron chi connectivity index (χ0n) is 19.7. The number of Topliss-reactive ketones (excluding diaryl/α,β-unsaturated/α-hetero) is 1. The topological polar surface area (TPSA) is 88.5 Å². The molecule has 34 heavy (non-hydrogen) atoms. The first kappa shape index (κ1) is 23.6. The first-order chi connectivity index (χ1) is 16.4. The Hall–Kier alpha value is -3.52. The summed E-state index contributed by atoms with van der Waals surface area (Å²) in [7, 11) is 3.91. The van der Waals surface area contributed by atoms with E-state index in [1.54, 1.807) is 18.2 Å². The van der Waals surface area contributed by atoms with Crippen molar-refractivity contribution in [3.8, 4) is 17.2 Å². The summed E-state index contributed by atoms with van der Waals surface area (Å²) in [6.45, 7) is 4.27. The molecule has 2 aliphatic rings. The Morgan fingerprint density at radius 2 is 1.85 bits per heavy atom. The lowest BCUT2D eigenvalue weighted by atomic mass is 9.94. The zero-order chi connectivity index (χ0) is 24.2. The van der Waals surface area contributed by atoms with Gasteiger partial charge in [0.15, 0.2) is 11.5 Å². The van der Waals surface area contributed by atoms with Crippen LogP contribution in [0.15, 0.2) is 48.0 Å². The molecule has 0 radical (unpaired) electrons. The fourth-order valence-corrected chi connectivity index (χ4v) is 4.33. The predicted molar refractivity (Wildman–Crippen MR) is 127 cm³/mol. The van der Waals surface area contributed by atoms with E-state index in [1.807, 2.05) is 50.2 Å². The van der Waals surface area contributed by atoms with Gasteiger partial charge < -0.3 is 29.1 Å². The molecule has 1 fully saturated rings. The minimum Gasteiger partial charge on any atom is -0.507 e. The van der Waals surface area contributed by atoms with Gasteiger partial charge in [-0.2, -0.15) is 0 Å². The number of para-hydroxylation sites is 1. The van der Waals surface area contributed by atoms with Crippen molar-refractivity contribution in [3.63, 3.8) is 0 Å². The number of amides is 1. The van der Waals surface area contributed by atoms with E-state index in [4.69, 9.17) is 14.2 Å². The zero-order valence-corrected chi connectivity index (χ0v) is 19.7. The van der Waals surface area contributed by atoms with Gasteiger partial charge in [0, 0.05) is 17.7 Å². The number of rotatable bonds is 8. The van der Waals surface area contributed by atoms with E-state index in [9.17, 15) is 14.7 Å². The van der Waals surface area contributed by atoms with E-state index in [0.717, 1.165) is 6.54 Å². The molecule has 8 heteroatoms. The summed E-state index contributed by atoms with van der Waals surface area (Å²) in [5.41, 5.74) is 1.08. The van der Waals surface area contributed by atoms with Crippen molar-refractivity contribution in [2.75, 3.05) is 47.0 Å². The van der Waals surface area contributed by atoms with Gasteiger partial charge in [0.2, 0.25) is 0 Å².